The lowest BCUT2D eigenvalue weighted by molar-refractivity contribution is -0.272. The predicted molar refractivity (Wildman–Crippen MR) is 66.7 cm³/mol. The number of carbonyl (C=O) groups is 1. The van der Waals surface area contributed by atoms with Gasteiger partial charge in [-0.1, -0.05) is 0 Å². The molecule has 1 heterocycles. The van der Waals surface area contributed by atoms with Gasteiger partial charge in [-0.2, -0.15) is 0 Å². The highest BCUT2D eigenvalue weighted by Crippen LogP contribution is 2.26. The van der Waals surface area contributed by atoms with Crippen molar-refractivity contribution in [1.82, 2.24) is 5.32 Å². The highest BCUT2D eigenvalue weighted by Gasteiger charge is 2.47. The Balaban J connectivity index is 2.92. The summed E-state index contributed by atoms with van der Waals surface area (Å²) in [6.07, 6.45) is -1.67. The highest BCUT2D eigenvalue weighted by atomic mass is 16.7. The van der Waals surface area contributed by atoms with Crippen molar-refractivity contribution in [1.29, 1.82) is 0 Å². The Morgan fingerprint density at radius 1 is 1.11 bits per heavy atom. The van der Waals surface area contributed by atoms with E-state index in [2.05, 4.69) is 5.32 Å². The van der Waals surface area contributed by atoms with E-state index in [0.717, 1.165) is 0 Å². The fourth-order valence-electron chi connectivity index (χ4n) is 2.36. The molecule has 19 heavy (non-hydrogen) atoms. The van der Waals surface area contributed by atoms with Crippen LogP contribution in [0.15, 0.2) is 0 Å². The second kappa shape index (κ2) is 7.76. The molecule has 0 unspecified atom stereocenters. The molecule has 5 atom stereocenters. The zero-order valence-electron chi connectivity index (χ0n) is 12.0. The molecule has 112 valence electrons. The van der Waals surface area contributed by atoms with Crippen LogP contribution in [0.5, 0.6) is 0 Å². The third-order valence-electron chi connectivity index (χ3n) is 3.12. The molecule has 1 aliphatic heterocycles. The van der Waals surface area contributed by atoms with E-state index in [0.29, 0.717) is 6.61 Å². The Labute approximate surface area is 113 Å². The minimum Gasteiger partial charge on any atom is -0.382 e. The third-order valence-corrected chi connectivity index (χ3v) is 3.12. The van der Waals surface area contributed by atoms with Crippen molar-refractivity contribution in [3.05, 3.63) is 0 Å². The van der Waals surface area contributed by atoms with Crippen molar-refractivity contribution >= 4 is 5.91 Å². The zero-order valence-corrected chi connectivity index (χ0v) is 12.0. The molecule has 0 aromatic carbocycles. The van der Waals surface area contributed by atoms with Crippen molar-refractivity contribution in [2.24, 2.45) is 0 Å². The van der Waals surface area contributed by atoms with Crippen LogP contribution >= 0.6 is 0 Å². The van der Waals surface area contributed by atoms with E-state index in [-0.39, 0.29) is 24.2 Å². The van der Waals surface area contributed by atoms with Gasteiger partial charge in [0.15, 0.2) is 6.29 Å². The van der Waals surface area contributed by atoms with E-state index in [4.69, 9.17) is 23.7 Å². The van der Waals surface area contributed by atoms with Gasteiger partial charge in [0, 0.05) is 35.4 Å². The molecule has 1 saturated heterocycles. The number of rotatable bonds is 6. The Morgan fingerprint density at radius 2 is 1.74 bits per heavy atom. The lowest BCUT2D eigenvalue weighted by Crippen LogP contribution is -2.65. The summed E-state index contributed by atoms with van der Waals surface area (Å²) in [5, 5.41) is 2.78. The molecule has 0 aliphatic carbocycles. The Hall–Kier alpha value is -0.730. The molecular weight excluding hydrogens is 254 g/mol. The highest BCUT2D eigenvalue weighted by molar-refractivity contribution is 5.73. The summed E-state index contributed by atoms with van der Waals surface area (Å²) in [6.45, 7) is 1.79. The first-order valence-corrected chi connectivity index (χ1v) is 6.08. The Kier molecular flexibility index (Phi) is 6.67. The molecule has 0 bridgehead atoms. The maximum Gasteiger partial charge on any atom is 0.217 e. The number of methoxy groups -OCH3 is 4. The standard InChI is InChI=1S/C12H23NO6/c1-7(14)13-9-11(17-4)10(16-3)8(6-15-2)19-12(9)18-5/h8-12H,6H2,1-5H3,(H,13,14)/t8-,9-,10-,11-,12+/m1/s1. The van der Waals surface area contributed by atoms with Crippen LogP contribution in [0.4, 0.5) is 0 Å². The lowest BCUT2D eigenvalue weighted by atomic mass is 9.96. The average molecular weight is 277 g/mol. The zero-order chi connectivity index (χ0) is 14.4. The summed E-state index contributed by atoms with van der Waals surface area (Å²) < 4.78 is 27.0. The lowest BCUT2D eigenvalue weighted by Gasteiger charge is -2.44. The number of hydrogen-bond donors (Lipinski definition) is 1. The largest absolute Gasteiger partial charge is 0.382 e. The van der Waals surface area contributed by atoms with Crippen molar-refractivity contribution in [2.75, 3.05) is 35.0 Å². The fourth-order valence-corrected chi connectivity index (χ4v) is 2.36. The smallest absolute Gasteiger partial charge is 0.217 e. The van der Waals surface area contributed by atoms with Crippen LogP contribution in [-0.4, -0.2) is 71.6 Å². The summed E-state index contributed by atoms with van der Waals surface area (Å²) >= 11 is 0. The summed E-state index contributed by atoms with van der Waals surface area (Å²) in [6, 6.07) is -0.439. The van der Waals surface area contributed by atoms with Gasteiger partial charge in [0.1, 0.15) is 24.4 Å². The molecule has 1 aliphatic rings. The van der Waals surface area contributed by atoms with Crippen molar-refractivity contribution in [2.45, 2.75) is 37.6 Å². The van der Waals surface area contributed by atoms with Gasteiger partial charge in [0.2, 0.25) is 5.91 Å². The van der Waals surface area contributed by atoms with E-state index >= 15 is 0 Å². The summed E-state index contributed by atoms with van der Waals surface area (Å²) in [4.78, 5) is 11.3. The van der Waals surface area contributed by atoms with E-state index in [1.54, 1.807) is 21.3 Å². The van der Waals surface area contributed by atoms with Crippen molar-refractivity contribution in [3.8, 4) is 0 Å². The van der Waals surface area contributed by atoms with Crippen molar-refractivity contribution in [3.63, 3.8) is 0 Å². The van der Waals surface area contributed by atoms with Gasteiger partial charge in [0.05, 0.1) is 6.61 Å². The van der Waals surface area contributed by atoms with Gasteiger partial charge in [0.25, 0.3) is 0 Å². The monoisotopic (exact) mass is 277 g/mol. The molecule has 7 heteroatoms. The molecule has 7 nitrogen and oxygen atoms in total. The van der Waals surface area contributed by atoms with Crippen LogP contribution in [0, 0.1) is 0 Å². The average Bonchev–Trinajstić information content (AvgIpc) is 2.38. The molecule has 0 spiro atoms. The maximum atomic E-state index is 11.3. The van der Waals surface area contributed by atoms with Gasteiger partial charge < -0.3 is 29.0 Å². The number of nitrogens with one attached hydrogen (secondary N) is 1. The molecule has 1 N–H and O–H groups in total. The number of carbonyl (C=O) groups excluding carboxylic acids is 1. The normalized spacial score (nSPS) is 35.1. The van der Waals surface area contributed by atoms with Crippen LogP contribution in [0.25, 0.3) is 0 Å². The minimum atomic E-state index is -0.611. The summed E-state index contributed by atoms with van der Waals surface area (Å²) in [5.41, 5.74) is 0. The van der Waals surface area contributed by atoms with Crippen LogP contribution in [0.3, 0.4) is 0 Å². The third kappa shape index (κ3) is 3.87. The number of hydrogen-bond acceptors (Lipinski definition) is 6. The maximum absolute atomic E-state index is 11.3. The van der Waals surface area contributed by atoms with Crippen LogP contribution in [-0.2, 0) is 28.5 Å². The second-order valence-electron chi connectivity index (χ2n) is 4.36. The van der Waals surface area contributed by atoms with E-state index in [1.807, 2.05) is 0 Å². The predicted octanol–water partition coefficient (Wildman–Crippen LogP) is -0.461. The van der Waals surface area contributed by atoms with Gasteiger partial charge in [-0.15, -0.1) is 0 Å². The first kappa shape index (κ1) is 16.3. The second-order valence-corrected chi connectivity index (χ2v) is 4.36. The molecule has 0 aromatic rings. The molecular formula is C12H23NO6. The quantitative estimate of drug-likeness (QED) is 0.708. The SMILES string of the molecule is COC[C@H]1O[C@H](OC)[C@H](NC(C)=O)[C@@H](OC)[C@@H]1OC. The van der Waals surface area contributed by atoms with E-state index in [1.165, 1.54) is 14.0 Å². The van der Waals surface area contributed by atoms with Gasteiger partial charge in [-0.3, -0.25) is 4.79 Å². The summed E-state index contributed by atoms with van der Waals surface area (Å²) in [7, 11) is 6.23. The molecule has 1 fully saturated rings. The molecule has 1 amide bonds. The van der Waals surface area contributed by atoms with Gasteiger partial charge in [-0.05, 0) is 0 Å². The molecule has 0 saturated carbocycles. The molecule has 0 aromatic heterocycles. The van der Waals surface area contributed by atoms with Crippen LogP contribution < -0.4 is 5.32 Å². The number of ether oxygens (including phenoxy) is 5. The Morgan fingerprint density at radius 3 is 2.16 bits per heavy atom. The number of amides is 1. The van der Waals surface area contributed by atoms with Crippen LogP contribution in [0.2, 0.25) is 0 Å². The fraction of sp³-hybridized carbons (Fsp3) is 0.917. The first-order chi connectivity index (χ1) is 9.08. The van der Waals surface area contributed by atoms with Crippen molar-refractivity contribution < 1.29 is 28.5 Å². The van der Waals surface area contributed by atoms with Gasteiger partial charge >= 0.3 is 0 Å². The van der Waals surface area contributed by atoms with E-state index < -0.39 is 12.3 Å². The van der Waals surface area contributed by atoms with Crippen LogP contribution in [0.1, 0.15) is 6.92 Å². The topological polar surface area (TPSA) is 75.2 Å². The Bertz CT molecular complexity index is 287. The van der Waals surface area contributed by atoms with Gasteiger partial charge in [-0.25, -0.2) is 0 Å². The van der Waals surface area contributed by atoms with E-state index in [9.17, 15) is 4.79 Å². The minimum absolute atomic E-state index is 0.183. The molecule has 1 rings (SSSR count). The molecule has 0 radical (unpaired) electrons. The summed E-state index contributed by atoms with van der Waals surface area (Å²) in [5.74, 6) is -0.183. The first-order valence-electron chi connectivity index (χ1n) is 6.08.